The molecule has 2 N–H and O–H groups in total. The number of nitrogens with zero attached hydrogens (tertiary/aromatic N) is 2. The molecule has 1 atom stereocenters. The van der Waals surface area contributed by atoms with Crippen molar-refractivity contribution in [1.29, 1.82) is 0 Å². The van der Waals surface area contributed by atoms with Gasteiger partial charge in [-0.1, -0.05) is 38.0 Å². The van der Waals surface area contributed by atoms with Crippen molar-refractivity contribution in [1.82, 2.24) is 15.6 Å². The summed E-state index contributed by atoms with van der Waals surface area (Å²) in [4.78, 5) is 45.5. The van der Waals surface area contributed by atoms with Gasteiger partial charge in [-0.2, -0.15) is 0 Å². The number of para-hydroxylation sites is 1. The van der Waals surface area contributed by atoms with Crippen molar-refractivity contribution in [2.75, 3.05) is 11.4 Å². The van der Waals surface area contributed by atoms with Gasteiger partial charge in [0.2, 0.25) is 11.8 Å². The van der Waals surface area contributed by atoms with Crippen LogP contribution in [0.15, 0.2) is 71.6 Å². The van der Waals surface area contributed by atoms with Crippen molar-refractivity contribution in [3.63, 3.8) is 0 Å². The van der Waals surface area contributed by atoms with Gasteiger partial charge in [-0.3, -0.25) is 24.3 Å². The lowest BCUT2D eigenvalue weighted by Crippen LogP contribution is -2.49. The van der Waals surface area contributed by atoms with Gasteiger partial charge in [-0.25, -0.2) is 0 Å². The Morgan fingerprint density at radius 2 is 1.80 bits per heavy atom. The summed E-state index contributed by atoms with van der Waals surface area (Å²) >= 11 is 0. The van der Waals surface area contributed by atoms with E-state index >= 15 is 0 Å². The van der Waals surface area contributed by atoms with Crippen LogP contribution in [0.2, 0.25) is 0 Å². The van der Waals surface area contributed by atoms with Gasteiger partial charge < -0.3 is 15.1 Å². The Morgan fingerprint density at radius 1 is 1.06 bits per heavy atom. The third-order valence-corrected chi connectivity index (χ3v) is 6.28. The van der Waals surface area contributed by atoms with E-state index < -0.39 is 17.9 Å². The smallest absolute Gasteiger partial charge is 0.287 e. The lowest BCUT2D eigenvalue weighted by molar-refractivity contribution is -0.126. The molecule has 1 unspecified atom stereocenters. The molecule has 8 heteroatoms. The minimum absolute atomic E-state index is 0.0869. The molecule has 1 saturated carbocycles. The van der Waals surface area contributed by atoms with Crippen LogP contribution in [0.3, 0.4) is 0 Å². The molecular weight excluding hydrogens is 444 g/mol. The maximum atomic E-state index is 13.7. The van der Waals surface area contributed by atoms with Gasteiger partial charge in [0.15, 0.2) is 5.76 Å². The molecular formula is C27H30N4O4. The number of amides is 3. The van der Waals surface area contributed by atoms with E-state index in [1.165, 1.54) is 17.2 Å². The first-order valence-electron chi connectivity index (χ1n) is 12.0. The van der Waals surface area contributed by atoms with Crippen LogP contribution >= 0.6 is 0 Å². The molecule has 4 rings (SSSR count). The van der Waals surface area contributed by atoms with E-state index in [0.717, 1.165) is 31.2 Å². The number of aryl methyl sites for hydroxylation is 1. The number of furan rings is 1. The number of hydrogen-bond donors (Lipinski definition) is 2. The second-order valence-corrected chi connectivity index (χ2v) is 8.58. The van der Waals surface area contributed by atoms with Crippen LogP contribution in [0, 0.1) is 0 Å². The molecule has 35 heavy (non-hydrogen) atoms. The van der Waals surface area contributed by atoms with E-state index in [1.807, 2.05) is 31.2 Å². The molecule has 0 radical (unpaired) electrons. The highest BCUT2D eigenvalue weighted by Crippen LogP contribution is 2.31. The maximum Gasteiger partial charge on any atom is 0.287 e. The van der Waals surface area contributed by atoms with Crippen molar-refractivity contribution >= 4 is 23.4 Å². The van der Waals surface area contributed by atoms with E-state index in [-0.39, 0.29) is 24.3 Å². The molecule has 0 aliphatic heterocycles. The molecule has 3 aromatic rings. The first-order valence-corrected chi connectivity index (χ1v) is 12.0. The van der Waals surface area contributed by atoms with Crippen molar-refractivity contribution in [2.24, 2.45) is 0 Å². The average molecular weight is 475 g/mol. The lowest BCUT2D eigenvalue weighted by atomic mass is 10.0. The maximum absolute atomic E-state index is 13.7. The Bertz CT molecular complexity index is 1140. The van der Waals surface area contributed by atoms with Crippen molar-refractivity contribution in [3.8, 4) is 0 Å². The number of anilines is 1. The molecule has 182 valence electrons. The quantitative estimate of drug-likeness (QED) is 0.491. The number of hydrogen-bond acceptors (Lipinski definition) is 5. The molecule has 0 bridgehead atoms. The number of nitrogens with one attached hydrogen (secondary N) is 2. The van der Waals surface area contributed by atoms with Gasteiger partial charge in [-0.15, -0.1) is 0 Å². The highest BCUT2D eigenvalue weighted by atomic mass is 16.3. The van der Waals surface area contributed by atoms with E-state index in [1.54, 1.807) is 30.6 Å². The zero-order valence-electron chi connectivity index (χ0n) is 19.8. The molecule has 1 aliphatic rings. The molecule has 3 amide bonds. The topological polar surface area (TPSA) is 105 Å². The Hall–Kier alpha value is -3.94. The predicted molar refractivity (Wildman–Crippen MR) is 132 cm³/mol. The summed E-state index contributed by atoms with van der Waals surface area (Å²) < 4.78 is 5.13. The number of benzene rings is 1. The van der Waals surface area contributed by atoms with Crippen molar-refractivity contribution < 1.29 is 18.8 Å². The molecule has 8 nitrogen and oxygen atoms in total. The van der Waals surface area contributed by atoms with E-state index in [0.29, 0.717) is 17.7 Å². The van der Waals surface area contributed by atoms with Crippen molar-refractivity contribution in [3.05, 3.63) is 84.1 Å². The van der Waals surface area contributed by atoms with Crippen LogP contribution in [0.4, 0.5) is 5.69 Å². The van der Waals surface area contributed by atoms with Gasteiger partial charge >= 0.3 is 0 Å². The second-order valence-electron chi connectivity index (χ2n) is 8.58. The first-order chi connectivity index (χ1) is 17.1. The molecule has 0 saturated heterocycles. The molecule has 1 aliphatic carbocycles. The number of pyridine rings is 1. The molecule has 1 fully saturated rings. The normalized spacial score (nSPS) is 14.3. The first kappa shape index (κ1) is 24.2. The summed E-state index contributed by atoms with van der Waals surface area (Å²) in [6, 6.07) is 13.3. The van der Waals surface area contributed by atoms with E-state index in [4.69, 9.17) is 4.42 Å². The van der Waals surface area contributed by atoms with Crippen LogP contribution in [0.25, 0.3) is 0 Å². The molecule has 1 aromatic carbocycles. The number of carbonyl (C=O) groups is 3. The number of carbonyl (C=O) groups excluding carboxylic acids is 3. The zero-order chi connectivity index (χ0) is 24.6. The fraction of sp³-hybridized carbons (Fsp3) is 0.333. The Morgan fingerprint density at radius 3 is 2.49 bits per heavy atom. The zero-order valence-corrected chi connectivity index (χ0v) is 19.8. The fourth-order valence-electron chi connectivity index (χ4n) is 4.51. The number of rotatable bonds is 9. The summed E-state index contributed by atoms with van der Waals surface area (Å²) in [7, 11) is 0. The summed E-state index contributed by atoms with van der Waals surface area (Å²) in [6.07, 6.45) is 9.28. The minimum atomic E-state index is -0.917. The predicted octanol–water partition coefficient (Wildman–Crippen LogP) is 3.80. The van der Waals surface area contributed by atoms with Gasteiger partial charge in [0.05, 0.1) is 12.8 Å². The summed E-state index contributed by atoms with van der Waals surface area (Å²) in [5, 5.41) is 5.77. The molecule has 2 heterocycles. The summed E-state index contributed by atoms with van der Waals surface area (Å²) in [5.41, 5.74) is 2.20. The number of aromatic nitrogens is 1. The largest absolute Gasteiger partial charge is 0.459 e. The average Bonchev–Trinajstić information content (AvgIpc) is 3.61. The standard InChI is InChI=1S/C27H30N4O4/c1-2-19-8-3-6-11-22(19)31(24(32)18-29-26(33)23-12-7-17-35-23)25(20-13-15-28-16-14-20)27(34)30-21-9-4-5-10-21/h3,6-8,11-17,21,25H,2,4-5,9-10,18H2,1H3,(H,29,33)(H,30,34). The van der Waals surface area contributed by atoms with Gasteiger partial charge in [0, 0.05) is 24.1 Å². The van der Waals surface area contributed by atoms with Crippen LogP contribution in [-0.2, 0) is 16.0 Å². The Balaban J connectivity index is 1.70. The summed E-state index contributed by atoms with van der Waals surface area (Å²) in [5.74, 6) is -1.04. The fourth-order valence-corrected chi connectivity index (χ4v) is 4.51. The second kappa shape index (κ2) is 11.5. The van der Waals surface area contributed by atoms with E-state index in [2.05, 4.69) is 15.6 Å². The summed E-state index contributed by atoms with van der Waals surface area (Å²) in [6.45, 7) is 1.70. The van der Waals surface area contributed by atoms with Crippen LogP contribution in [0.1, 0.15) is 60.3 Å². The van der Waals surface area contributed by atoms with Gasteiger partial charge in [0.25, 0.3) is 5.91 Å². The Labute approximate surface area is 204 Å². The third-order valence-electron chi connectivity index (χ3n) is 6.28. The van der Waals surface area contributed by atoms with Gasteiger partial charge in [0.1, 0.15) is 6.04 Å². The molecule has 2 aromatic heterocycles. The SMILES string of the molecule is CCc1ccccc1N(C(=O)CNC(=O)c1ccco1)C(C(=O)NC1CCCC1)c1ccncc1. The lowest BCUT2D eigenvalue weighted by Gasteiger charge is -2.33. The monoisotopic (exact) mass is 474 g/mol. The van der Waals surface area contributed by atoms with Crippen molar-refractivity contribution in [2.45, 2.75) is 51.1 Å². The molecule has 0 spiro atoms. The van der Waals surface area contributed by atoms with Crippen LogP contribution in [-0.4, -0.2) is 35.3 Å². The van der Waals surface area contributed by atoms with Crippen LogP contribution in [0.5, 0.6) is 0 Å². The third kappa shape index (κ3) is 5.77. The minimum Gasteiger partial charge on any atom is -0.459 e. The van der Waals surface area contributed by atoms with Crippen LogP contribution < -0.4 is 15.5 Å². The highest BCUT2D eigenvalue weighted by Gasteiger charge is 2.35. The van der Waals surface area contributed by atoms with Gasteiger partial charge in [-0.05, 0) is 60.7 Å². The Kier molecular flexibility index (Phi) is 7.92. The highest BCUT2D eigenvalue weighted by molar-refractivity contribution is 6.04. The van der Waals surface area contributed by atoms with E-state index in [9.17, 15) is 14.4 Å².